The largest absolute Gasteiger partial charge is 0.310 e. The summed E-state index contributed by atoms with van der Waals surface area (Å²) in [5, 5.41) is 4.24. The lowest BCUT2D eigenvalue weighted by Crippen LogP contribution is -2.22. The molecule has 1 aromatic rings. The summed E-state index contributed by atoms with van der Waals surface area (Å²) in [5.41, 5.74) is 1.23. The van der Waals surface area contributed by atoms with Crippen LogP contribution in [0.1, 0.15) is 37.8 Å². The first-order valence-electron chi connectivity index (χ1n) is 5.80. The van der Waals surface area contributed by atoms with Crippen molar-refractivity contribution >= 4 is 27.5 Å². The molecule has 17 heavy (non-hydrogen) atoms. The van der Waals surface area contributed by atoms with E-state index in [1.165, 1.54) is 5.56 Å². The second-order valence-electron chi connectivity index (χ2n) is 3.92. The number of benzene rings is 1. The lowest BCUT2D eigenvalue weighted by molar-refractivity contribution is 0.505. The fraction of sp³-hybridized carbons (Fsp3) is 0.429. The van der Waals surface area contributed by atoms with Gasteiger partial charge in [-0.05, 0) is 53.0 Å². The summed E-state index contributed by atoms with van der Waals surface area (Å²) >= 11 is 9.45. The Kier molecular flexibility index (Phi) is 6.65. The van der Waals surface area contributed by atoms with Gasteiger partial charge in [-0.15, -0.1) is 12.3 Å². The maximum absolute atomic E-state index is 5.99. The van der Waals surface area contributed by atoms with Gasteiger partial charge >= 0.3 is 0 Å². The van der Waals surface area contributed by atoms with Crippen LogP contribution in [-0.2, 0) is 0 Å². The van der Waals surface area contributed by atoms with Crippen molar-refractivity contribution in [1.82, 2.24) is 5.32 Å². The number of nitrogens with one attached hydrogen (secondary N) is 1. The molecule has 0 saturated carbocycles. The fourth-order valence-corrected chi connectivity index (χ4v) is 2.18. The molecule has 0 aliphatic carbocycles. The third kappa shape index (κ3) is 4.71. The van der Waals surface area contributed by atoms with Crippen LogP contribution in [0.15, 0.2) is 22.7 Å². The minimum atomic E-state index is 0.305. The first-order chi connectivity index (χ1) is 8.19. The highest BCUT2D eigenvalue weighted by Gasteiger charge is 2.11. The third-order valence-electron chi connectivity index (χ3n) is 2.56. The Bertz CT molecular complexity index is 398. The van der Waals surface area contributed by atoms with Gasteiger partial charge in [0.05, 0.1) is 5.02 Å². The molecular weight excluding hydrogens is 298 g/mol. The summed E-state index contributed by atoms with van der Waals surface area (Å²) in [4.78, 5) is 0. The van der Waals surface area contributed by atoms with Crippen LogP contribution in [-0.4, -0.2) is 6.54 Å². The molecule has 0 saturated heterocycles. The molecule has 1 nitrogen and oxygen atoms in total. The molecule has 0 radical (unpaired) electrons. The Morgan fingerprint density at radius 2 is 2.29 bits per heavy atom. The second-order valence-corrected chi connectivity index (χ2v) is 5.18. The summed E-state index contributed by atoms with van der Waals surface area (Å²) in [6.07, 6.45) is 8.17. The van der Waals surface area contributed by atoms with Gasteiger partial charge in [-0.1, -0.05) is 24.6 Å². The molecule has 1 atom stereocenters. The van der Waals surface area contributed by atoms with E-state index in [9.17, 15) is 0 Å². The summed E-state index contributed by atoms with van der Waals surface area (Å²) in [6, 6.07) is 6.33. The lowest BCUT2D eigenvalue weighted by Gasteiger charge is -2.18. The van der Waals surface area contributed by atoms with Gasteiger partial charge in [0.1, 0.15) is 0 Å². The molecule has 0 amide bonds. The minimum absolute atomic E-state index is 0.305. The first-order valence-corrected chi connectivity index (χ1v) is 6.98. The monoisotopic (exact) mass is 313 g/mol. The molecular formula is C14H17BrClN. The van der Waals surface area contributed by atoms with E-state index in [4.69, 9.17) is 18.0 Å². The number of rotatable bonds is 6. The van der Waals surface area contributed by atoms with E-state index in [2.05, 4.69) is 46.2 Å². The van der Waals surface area contributed by atoms with Crippen LogP contribution in [0.4, 0.5) is 0 Å². The van der Waals surface area contributed by atoms with E-state index in [1.807, 2.05) is 6.07 Å². The zero-order chi connectivity index (χ0) is 12.7. The van der Waals surface area contributed by atoms with Crippen LogP contribution in [0.3, 0.4) is 0 Å². The second kappa shape index (κ2) is 7.76. The molecule has 0 bridgehead atoms. The van der Waals surface area contributed by atoms with Crippen molar-refractivity contribution in [3.63, 3.8) is 0 Å². The molecule has 0 aromatic heterocycles. The van der Waals surface area contributed by atoms with Gasteiger partial charge in [0, 0.05) is 16.9 Å². The van der Waals surface area contributed by atoms with Gasteiger partial charge in [-0.2, -0.15) is 0 Å². The van der Waals surface area contributed by atoms with Crippen molar-refractivity contribution in [1.29, 1.82) is 0 Å². The molecule has 1 N–H and O–H groups in total. The maximum atomic E-state index is 5.99. The smallest absolute Gasteiger partial charge is 0.0548 e. The van der Waals surface area contributed by atoms with Crippen molar-refractivity contribution in [2.24, 2.45) is 0 Å². The fourth-order valence-electron chi connectivity index (χ4n) is 1.66. The highest BCUT2D eigenvalue weighted by atomic mass is 79.9. The predicted molar refractivity (Wildman–Crippen MR) is 78.3 cm³/mol. The topological polar surface area (TPSA) is 12.0 Å². The maximum Gasteiger partial charge on any atom is 0.0548 e. The molecule has 0 spiro atoms. The molecule has 3 heteroatoms. The van der Waals surface area contributed by atoms with E-state index >= 15 is 0 Å². The Balaban J connectivity index is 2.80. The zero-order valence-corrected chi connectivity index (χ0v) is 12.3. The van der Waals surface area contributed by atoms with Crippen LogP contribution in [0.5, 0.6) is 0 Å². The Morgan fingerprint density at radius 3 is 2.88 bits per heavy atom. The number of halogens is 2. The Hall–Kier alpha value is -0.490. The van der Waals surface area contributed by atoms with E-state index in [0.29, 0.717) is 6.04 Å². The average molecular weight is 315 g/mol. The lowest BCUT2D eigenvalue weighted by atomic mass is 10.0. The van der Waals surface area contributed by atoms with E-state index in [0.717, 1.165) is 35.3 Å². The Labute approximate surface area is 117 Å². The molecule has 0 fully saturated rings. The predicted octanol–water partition coefficient (Wildman–Crippen LogP) is 4.56. The number of hydrogen-bond donors (Lipinski definition) is 1. The highest BCUT2D eigenvalue weighted by Crippen LogP contribution is 2.27. The summed E-state index contributed by atoms with van der Waals surface area (Å²) in [6.45, 7) is 3.15. The van der Waals surface area contributed by atoms with Gasteiger partial charge in [0.25, 0.3) is 0 Å². The van der Waals surface area contributed by atoms with Crippen molar-refractivity contribution in [2.75, 3.05) is 6.54 Å². The van der Waals surface area contributed by atoms with Crippen LogP contribution >= 0.6 is 27.5 Å². The summed E-state index contributed by atoms with van der Waals surface area (Å²) < 4.78 is 0.931. The van der Waals surface area contributed by atoms with Gasteiger partial charge < -0.3 is 5.32 Å². The van der Waals surface area contributed by atoms with Gasteiger partial charge in [0.15, 0.2) is 0 Å². The van der Waals surface area contributed by atoms with Crippen molar-refractivity contribution in [3.05, 3.63) is 33.3 Å². The van der Waals surface area contributed by atoms with Crippen molar-refractivity contribution in [2.45, 2.75) is 32.2 Å². The van der Waals surface area contributed by atoms with Crippen LogP contribution in [0, 0.1) is 12.3 Å². The molecule has 0 aliphatic rings. The zero-order valence-electron chi connectivity index (χ0n) is 9.97. The standard InChI is InChI=1S/C14H17BrClN/c1-3-5-6-14(17-9-4-2)11-7-8-13(16)12(15)10-11/h1,7-8,10,14,17H,4-6,9H2,2H3. The molecule has 1 aromatic carbocycles. The van der Waals surface area contributed by atoms with E-state index < -0.39 is 0 Å². The average Bonchev–Trinajstić information content (AvgIpc) is 2.33. The van der Waals surface area contributed by atoms with Gasteiger partial charge in [-0.25, -0.2) is 0 Å². The highest BCUT2D eigenvalue weighted by molar-refractivity contribution is 9.10. The molecule has 1 unspecified atom stereocenters. The number of terminal acetylenes is 1. The first kappa shape index (κ1) is 14.6. The molecule has 0 heterocycles. The van der Waals surface area contributed by atoms with Gasteiger partial charge in [0.2, 0.25) is 0 Å². The molecule has 1 rings (SSSR count). The van der Waals surface area contributed by atoms with Crippen LogP contribution < -0.4 is 5.32 Å². The summed E-state index contributed by atoms with van der Waals surface area (Å²) in [7, 11) is 0. The quantitative estimate of drug-likeness (QED) is 0.759. The Morgan fingerprint density at radius 1 is 1.53 bits per heavy atom. The van der Waals surface area contributed by atoms with Crippen LogP contribution in [0.2, 0.25) is 5.02 Å². The van der Waals surface area contributed by atoms with Crippen molar-refractivity contribution < 1.29 is 0 Å². The van der Waals surface area contributed by atoms with Crippen LogP contribution in [0.25, 0.3) is 0 Å². The minimum Gasteiger partial charge on any atom is -0.310 e. The van der Waals surface area contributed by atoms with Crippen molar-refractivity contribution in [3.8, 4) is 12.3 Å². The van der Waals surface area contributed by atoms with E-state index in [-0.39, 0.29) is 0 Å². The normalized spacial score (nSPS) is 12.1. The number of hydrogen-bond acceptors (Lipinski definition) is 1. The molecule has 0 aliphatic heterocycles. The third-order valence-corrected chi connectivity index (χ3v) is 3.78. The molecule has 92 valence electrons. The van der Waals surface area contributed by atoms with E-state index in [1.54, 1.807) is 0 Å². The summed E-state index contributed by atoms with van der Waals surface area (Å²) in [5.74, 6) is 2.69. The van der Waals surface area contributed by atoms with Gasteiger partial charge in [-0.3, -0.25) is 0 Å². The SMILES string of the molecule is C#CCCC(NCCC)c1ccc(Cl)c(Br)c1.